The Labute approximate surface area is 131 Å². The molecule has 1 aromatic carbocycles. The summed E-state index contributed by atoms with van der Waals surface area (Å²) in [5, 5.41) is 0. The van der Waals surface area contributed by atoms with Crippen LogP contribution in [0.1, 0.15) is 18.1 Å². The van der Waals surface area contributed by atoms with Crippen LogP contribution >= 0.6 is 0 Å². The predicted octanol–water partition coefficient (Wildman–Crippen LogP) is 2.55. The zero-order valence-electron chi connectivity index (χ0n) is 14.9. The van der Waals surface area contributed by atoms with Crippen molar-refractivity contribution >= 4 is 0 Å². The Morgan fingerprint density at radius 2 is 1.33 bits per heavy atom. The molecule has 0 aliphatic carbocycles. The van der Waals surface area contributed by atoms with E-state index in [0.717, 1.165) is 48.2 Å². The molecule has 0 atom stereocenters. The van der Waals surface area contributed by atoms with Crippen LogP contribution in [0.15, 0.2) is 24.3 Å². The van der Waals surface area contributed by atoms with Gasteiger partial charge in [0.05, 0.1) is 48.5 Å². The molecule has 0 bridgehead atoms. The maximum absolute atomic E-state index is 5.79. The van der Waals surface area contributed by atoms with E-state index in [2.05, 4.69) is 66.4 Å². The van der Waals surface area contributed by atoms with Gasteiger partial charge in [-0.1, -0.05) is 31.2 Å². The van der Waals surface area contributed by atoms with E-state index in [1.807, 2.05) is 0 Å². The first-order chi connectivity index (χ1) is 9.72. The van der Waals surface area contributed by atoms with Crippen molar-refractivity contribution in [2.75, 3.05) is 61.5 Å². The fourth-order valence-corrected chi connectivity index (χ4v) is 2.21. The van der Waals surface area contributed by atoms with Gasteiger partial charge >= 0.3 is 0 Å². The molecule has 0 aliphatic heterocycles. The Morgan fingerprint density at radius 3 is 1.86 bits per heavy atom. The van der Waals surface area contributed by atoms with Crippen molar-refractivity contribution in [2.24, 2.45) is 0 Å². The second-order valence-corrected chi connectivity index (χ2v) is 7.61. The summed E-state index contributed by atoms with van der Waals surface area (Å²) in [7, 11) is 11.1. The Balaban J connectivity index is 2.32. The minimum absolute atomic E-state index is 0.833. The maximum Gasteiger partial charge on any atom is 0.104 e. The van der Waals surface area contributed by atoms with E-state index >= 15 is 0 Å². The van der Waals surface area contributed by atoms with Crippen molar-refractivity contribution in [1.82, 2.24) is 0 Å². The molecule has 0 saturated heterocycles. The normalized spacial score (nSPS) is 12.7. The fraction of sp³-hybridized carbons (Fsp3) is 0.667. The van der Waals surface area contributed by atoms with Gasteiger partial charge in [0, 0.05) is 5.56 Å². The van der Waals surface area contributed by atoms with Gasteiger partial charge in [0.2, 0.25) is 0 Å². The average Bonchev–Trinajstić information content (AvgIpc) is 2.37. The van der Waals surface area contributed by atoms with Crippen LogP contribution in [0.2, 0.25) is 0 Å². The van der Waals surface area contributed by atoms with Gasteiger partial charge in [-0.25, -0.2) is 0 Å². The van der Waals surface area contributed by atoms with Crippen molar-refractivity contribution in [3.63, 3.8) is 0 Å². The molecule has 0 radical (unpaired) electrons. The lowest BCUT2D eigenvalue weighted by Gasteiger charge is -2.30. The van der Waals surface area contributed by atoms with E-state index in [9.17, 15) is 0 Å². The van der Waals surface area contributed by atoms with E-state index in [1.54, 1.807) is 0 Å². The predicted molar refractivity (Wildman–Crippen MR) is 90.2 cm³/mol. The van der Waals surface area contributed by atoms with E-state index in [-0.39, 0.29) is 0 Å². The number of hydrogen-bond donors (Lipinski definition) is 0. The monoisotopic (exact) mass is 294 g/mol. The summed E-state index contributed by atoms with van der Waals surface area (Å²) in [5.74, 6) is 0. The highest BCUT2D eigenvalue weighted by molar-refractivity contribution is 5.21. The van der Waals surface area contributed by atoms with Crippen LogP contribution in [0.3, 0.4) is 0 Å². The third-order valence-electron chi connectivity index (χ3n) is 3.79. The van der Waals surface area contributed by atoms with Crippen molar-refractivity contribution in [3.05, 3.63) is 35.4 Å². The van der Waals surface area contributed by atoms with Crippen LogP contribution in [0.4, 0.5) is 0 Å². The molecule has 0 spiro atoms. The quantitative estimate of drug-likeness (QED) is 0.502. The van der Waals surface area contributed by atoms with Crippen LogP contribution < -0.4 is 0 Å². The average molecular weight is 294 g/mol. The first kappa shape index (κ1) is 18.1. The molecule has 0 amide bonds. The lowest BCUT2D eigenvalue weighted by atomic mass is 10.1. The van der Waals surface area contributed by atoms with Gasteiger partial charge in [-0.15, -0.1) is 0 Å². The highest BCUT2D eigenvalue weighted by Gasteiger charge is 2.16. The summed E-state index contributed by atoms with van der Waals surface area (Å²) in [6.45, 7) is 7.04. The first-order valence-electron chi connectivity index (χ1n) is 8.00. The molecule has 0 unspecified atom stereocenters. The summed E-state index contributed by atoms with van der Waals surface area (Å²) in [6.07, 6.45) is 1.11. The summed E-state index contributed by atoms with van der Waals surface area (Å²) in [4.78, 5) is 0. The molecular weight excluding hydrogens is 260 g/mol. The third kappa shape index (κ3) is 8.20. The number of quaternary nitrogens is 2. The standard InChI is InChI=1S/C18H34N2O/c1-7-17-8-10-18(11-9-17)16-20(5,6)13-15-21-14-12-19(2,3)4/h8-11H,7,12-16H2,1-6H3/q+2. The van der Waals surface area contributed by atoms with E-state index in [0.29, 0.717) is 0 Å². The Hall–Kier alpha value is -0.900. The molecule has 1 rings (SSSR count). The smallest absolute Gasteiger partial charge is 0.104 e. The molecule has 120 valence electrons. The zero-order chi connectivity index (χ0) is 15.9. The summed E-state index contributed by atoms with van der Waals surface area (Å²) < 4.78 is 7.72. The molecule has 1 aromatic rings. The molecule has 21 heavy (non-hydrogen) atoms. The van der Waals surface area contributed by atoms with Crippen molar-refractivity contribution < 1.29 is 13.7 Å². The van der Waals surface area contributed by atoms with Crippen LogP contribution in [-0.4, -0.2) is 70.5 Å². The van der Waals surface area contributed by atoms with Crippen molar-refractivity contribution in [3.8, 4) is 0 Å². The lowest BCUT2D eigenvalue weighted by molar-refractivity contribution is -0.904. The van der Waals surface area contributed by atoms with Crippen LogP contribution in [0.5, 0.6) is 0 Å². The number of rotatable bonds is 9. The maximum atomic E-state index is 5.79. The van der Waals surface area contributed by atoms with Crippen molar-refractivity contribution in [2.45, 2.75) is 19.9 Å². The van der Waals surface area contributed by atoms with E-state index in [1.165, 1.54) is 11.1 Å². The third-order valence-corrected chi connectivity index (χ3v) is 3.79. The number of nitrogens with zero attached hydrogens (tertiary/aromatic N) is 2. The van der Waals surface area contributed by atoms with Gasteiger partial charge in [0.15, 0.2) is 0 Å². The Kier molecular flexibility index (Phi) is 6.85. The van der Waals surface area contributed by atoms with Crippen LogP contribution in [0.25, 0.3) is 0 Å². The topological polar surface area (TPSA) is 9.23 Å². The second kappa shape index (κ2) is 7.92. The highest BCUT2D eigenvalue weighted by atomic mass is 16.5. The van der Waals surface area contributed by atoms with Gasteiger partial charge in [-0.05, 0) is 12.0 Å². The minimum atomic E-state index is 0.833. The molecule has 3 nitrogen and oxygen atoms in total. The Morgan fingerprint density at radius 1 is 0.810 bits per heavy atom. The van der Waals surface area contributed by atoms with Gasteiger partial charge in [-0.3, -0.25) is 0 Å². The molecule has 0 heterocycles. The van der Waals surface area contributed by atoms with Gasteiger partial charge in [0.25, 0.3) is 0 Å². The molecule has 0 saturated carbocycles. The number of aryl methyl sites for hydroxylation is 1. The largest absolute Gasteiger partial charge is 0.370 e. The van der Waals surface area contributed by atoms with E-state index < -0.39 is 0 Å². The zero-order valence-corrected chi connectivity index (χ0v) is 14.9. The molecule has 0 aliphatic rings. The summed E-state index contributed by atoms with van der Waals surface area (Å²) >= 11 is 0. The van der Waals surface area contributed by atoms with Crippen LogP contribution in [-0.2, 0) is 17.7 Å². The first-order valence-corrected chi connectivity index (χ1v) is 8.00. The second-order valence-electron chi connectivity index (χ2n) is 7.61. The fourth-order valence-electron chi connectivity index (χ4n) is 2.21. The highest BCUT2D eigenvalue weighted by Crippen LogP contribution is 2.11. The van der Waals surface area contributed by atoms with Crippen LogP contribution in [0, 0.1) is 0 Å². The molecule has 3 heteroatoms. The summed E-state index contributed by atoms with van der Waals surface area (Å²) in [5.41, 5.74) is 2.82. The number of benzene rings is 1. The van der Waals surface area contributed by atoms with Crippen molar-refractivity contribution in [1.29, 1.82) is 0 Å². The lowest BCUT2D eigenvalue weighted by Crippen LogP contribution is -2.42. The van der Waals surface area contributed by atoms with Gasteiger partial charge in [0.1, 0.15) is 19.6 Å². The van der Waals surface area contributed by atoms with Gasteiger partial charge < -0.3 is 13.7 Å². The number of likely N-dealkylation sites (N-methyl/N-ethyl adjacent to an activating group) is 2. The molecule has 0 aromatic heterocycles. The molecule has 0 N–H and O–H groups in total. The molecule has 0 fully saturated rings. The minimum Gasteiger partial charge on any atom is -0.370 e. The number of ether oxygens (including phenoxy) is 1. The van der Waals surface area contributed by atoms with Gasteiger partial charge in [-0.2, -0.15) is 0 Å². The SMILES string of the molecule is CCc1ccc(C[N+](C)(C)CCOCC[N+](C)(C)C)cc1. The van der Waals surface area contributed by atoms with E-state index in [4.69, 9.17) is 4.74 Å². The number of hydrogen-bond acceptors (Lipinski definition) is 1. The summed E-state index contributed by atoms with van der Waals surface area (Å²) in [6, 6.07) is 9.01. The molecular formula is C18H34N2O+2. The Bertz CT molecular complexity index is 404.